The first-order valence-corrected chi connectivity index (χ1v) is 7.15. The first-order valence-electron chi connectivity index (χ1n) is 7.15. The average Bonchev–Trinajstić information content (AvgIpc) is 2.49. The fourth-order valence-electron chi connectivity index (χ4n) is 2.49. The summed E-state index contributed by atoms with van der Waals surface area (Å²) in [6, 6.07) is 16.8. The van der Waals surface area contributed by atoms with E-state index < -0.39 is 0 Å². The highest BCUT2D eigenvalue weighted by Gasteiger charge is 2.13. The van der Waals surface area contributed by atoms with Crippen LogP contribution in [0.25, 0.3) is 10.8 Å². The van der Waals surface area contributed by atoms with E-state index in [2.05, 4.69) is 5.32 Å². The molecule has 0 aliphatic heterocycles. The Morgan fingerprint density at radius 3 is 2.50 bits per heavy atom. The maximum atomic E-state index is 12.4. The zero-order valence-electron chi connectivity index (χ0n) is 12.6. The number of hydrogen-bond donors (Lipinski definition) is 2. The SMILES string of the molecule is Cc1ccc2cc(O)c(C(=O)Nc3ccccc3C)cc2c1. The van der Waals surface area contributed by atoms with Crippen molar-refractivity contribution in [1.29, 1.82) is 0 Å². The van der Waals surface area contributed by atoms with Crippen LogP contribution in [0.3, 0.4) is 0 Å². The second-order valence-electron chi connectivity index (χ2n) is 5.49. The molecule has 1 amide bonds. The van der Waals surface area contributed by atoms with E-state index in [1.165, 1.54) is 0 Å². The largest absolute Gasteiger partial charge is 0.507 e. The predicted octanol–water partition coefficient (Wildman–Crippen LogP) is 4.41. The van der Waals surface area contributed by atoms with Crippen molar-refractivity contribution in [3.8, 4) is 5.75 Å². The fourth-order valence-corrected chi connectivity index (χ4v) is 2.49. The number of benzene rings is 3. The number of rotatable bonds is 2. The predicted molar refractivity (Wildman–Crippen MR) is 89.5 cm³/mol. The Kier molecular flexibility index (Phi) is 3.55. The van der Waals surface area contributed by atoms with Gasteiger partial charge >= 0.3 is 0 Å². The number of phenols is 1. The van der Waals surface area contributed by atoms with Crippen molar-refractivity contribution in [2.24, 2.45) is 0 Å². The molecule has 0 aliphatic carbocycles. The van der Waals surface area contributed by atoms with Crippen LogP contribution in [-0.4, -0.2) is 11.0 Å². The molecule has 0 aliphatic rings. The van der Waals surface area contributed by atoms with Crippen molar-refractivity contribution < 1.29 is 9.90 Å². The van der Waals surface area contributed by atoms with Crippen LogP contribution >= 0.6 is 0 Å². The van der Waals surface area contributed by atoms with Gasteiger partial charge in [0.05, 0.1) is 5.56 Å². The lowest BCUT2D eigenvalue weighted by molar-refractivity contribution is 0.102. The summed E-state index contributed by atoms with van der Waals surface area (Å²) in [6.07, 6.45) is 0. The molecule has 0 heterocycles. The molecular weight excluding hydrogens is 274 g/mol. The van der Waals surface area contributed by atoms with Crippen molar-refractivity contribution in [2.75, 3.05) is 5.32 Å². The van der Waals surface area contributed by atoms with Gasteiger partial charge in [-0.25, -0.2) is 0 Å². The zero-order chi connectivity index (χ0) is 15.7. The number of anilines is 1. The Hall–Kier alpha value is -2.81. The lowest BCUT2D eigenvalue weighted by atomic mass is 10.0. The van der Waals surface area contributed by atoms with Gasteiger partial charge in [-0.05, 0) is 48.4 Å². The highest BCUT2D eigenvalue weighted by Crippen LogP contribution is 2.27. The maximum Gasteiger partial charge on any atom is 0.259 e. The first kappa shape index (κ1) is 14.1. The third kappa shape index (κ3) is 2.66. The number of carbonyl (C=O) groups excluding carboxylic acids is 1. The summed E-state index contributed by atoms with van der Waals surface area (Å²) in [5.74, 6) is -0.322. The number of aromatic hydroxyl groups is 1. The molecule has 3 nitrogen and oxygen atoms in total. The minimum atomic E-state index is -0.310. The molecule has 0 spiro atoms. The van der Waals surface area contributed by atoms with E-state index >= 15 is 0 Å². The van der Waals surface area contributed by atoms with Crippen LogP contribution in [0.5, 0.6) is 5.75 Å². The molecule has 110 valence electrons. The van der Waals surface area contributed by atoms with Crippen LogP contribution in [0.2, 0.25) is 0 Å². The smallest absolute Gasteiger partial charge is 0.259 e. The number of carbonyl (C=O) groups is 1. The van der Waals surface area contributed by atoms with E-state index in [0.717, 1.165) is 27.6 Å². The summed E-state index contributed by atoms with van der Waals surface area (Å²) in [5.41, 5.74) is 3.12. The zero-order valence-corrected chi connectivity index (χ0v) is 12.6. The molecule has 2 N–H and O–H groups in total. The van der Waals surface area contributed by atoms with Gasteiger partial charge < -0.3 is 10.4 Å². The van der Waals surface area contributed by atoms with E-state index in [4.69, 9.17) is 0 Å². The summed E-state index contributed by atoms with van der Waals surface area (Å²) < 4.78 is 0. The highest BCUT2D eigenvalue weighted by atomic mass is 16.3. The Bertz CT molecular complexity index is 868. The van der Waals surface area contributed by atoms with E-state index in [9.17, 15) is 9.90 Å². The normalized spacial score (nSPS) is 10.6. The van der Waals surface area contributed by atoms with Crippen molar-refractivity contribution in [1.82, 2.24) is 0 Å². The van der Waals surface area contributed by atoms with Crippen LogP contribution in [-0.2, 0) is 0 Å². The molecule has 0 aromatic heterocycles. The monoisotopic (exact) mass is 291 g/mol. The quantitative estimate of drug-likeness (QED) is 0.734. The Balaban J connectivity index is 2.00. The van der Waals surface area contributed by atoms with Crippen LogP contribution in [0.1, 0.15) is 21.5 Å². The standard InChI is InChI=1S/C19H17NO2/c1-12-7-8-14-11-18(21)16(10-15(14)9-12)19(22)20-17-6-4-3-5-13(17)2/h3-11,21H,1-2H3,(H,20,22). The van der Waals surface area contributed by atoms with Crippen molar-refractivity contribution in [2.45, 2.75) is 13.8 Å². The maximum absolute atomic E-state index is 12.4. The minimum absolute atomic E-state index is 0.0116. The van der Waals surface area contributed by atoms with Crippen LogP contribution in [0.4, 0.5) is 5.69 Å². The fraction of sp³-hybridized carbons (Fsp3) is 0.105. The molecule has 3 aromatic carbocycles. The lowest BCUT2D eigenvalue weighted by Gasteiger charge is -2.10. The Morgan fingerprint density at radius 2 is 1.73 bits per heavy atom. The minimum Gasteiger partial charge on any atom is -0.507 e. The number of nitrogens with one attached hydrogen (secondary N) is 1. The van der Waals surface area contributed by atoms with Gasteiger partial charge in [0.1, 0.15) is 5.75 Å². The molecule has 3 heteroatoms. The number of amides is 1. The van der Waals surface area contributed by atoms with Crippen molar-refractivity contribution in [3.05, 3.63) is 71.3 Å². The van der Waals surface area contributed by atoms with E-state index in [-0.39, 0.29) is 17.2 Å². The van der Waals surface area contributed by atoms with Crippen LogP contribution in [0.15, 0.2) is 54.6 Å². The third-order valence-corrected chi connectivity index (χ3v) is 3.75. The summed E-state index contributed by atoms with van der Waals surface area (Å²) in [6.45, 7) is 3.93. The molecule has 0 unspecified atom stereocenters. The van der Waals surface area contributed by atoms with Crippen LogP contribution in [0, 0.1) is 13.8 Å². The summed E-state index contributed by atoms with van der Waals surface area (Å²) >= 11 is 0. The molecule has 3 rings (SSSR count). The van der Waals surface area contributed by atoms with Gasteiger partial charge in [0.2, 0.25) is 0 Å². The second-order valence-corrected chi connectivity index (χ2v) is 5.49. The molecule has 0 saturated heterocycles. The molecule has 0 atom stereocenters. The third-order valence-electron chi connectivity index (χ3n) is 3.75. The number of hydrogen-bond acceptors (Lipinski definition) is 2. The van der Waals surface area contributed by atoms with Gasteiger partial charge in [-0.1, -0.05) is 42.0 Å². The Morgan fingerprint density at radius 1 is 0.955 bits per heavy atom. The summed E-state index contributed by atoms with van der Waals surface area (Å²) in [7, 11) is 0. The van der Waals surface area contributed by atoms with E-state index in [1.807, 2.05) is 56.3 Å². The van der Waals surface area contributed by atoms with Gasteiger partial charge in [-0.2, -0.15) is 0 Å². The second kappa shape index (κ2) is 5.53. The number of para-hydroxylation sites is 1. The Labute approximate surface area is 129 Å². The molecule has 0 bridgehead atoms. The van der Waals surface area contributed by atoms with Gasteiger partial charge in [-0.15, -0.1) is 0 Å². The molecular formula is C19H17NO2. The number of aryl methyl sites for hydroxylation is 2. The van der Waals surface area contributed by atoms with Crippen molar-refractivity contribution >= 4 is 22.4 Å². The highest BCUT2D eigenvalue weighted by molar-refractivity contribution is 6.08. The molecule has 0 fully saturated rings. The van der Waals surface area contributed by atoms with E-state index in [1.54, 1.807) is 12.1 Å². The molecule has 0 radical (unpaired) electrons. The average molecular weight is 291 g/mol. The first-order chi connectivity index (χ1) is 10.5. The molecule has 22 heavy (non-hydrogen) atoms. The number of fused-ring (bicyclic) bond motifs is 1. The molecule has 0 saturated carbocycles. The molecule has 3 aromatic rings. The summed E-state index contributed by atoms with van der Waals surface area (Å²) in [4.78, 5) is 12.4. The lowest BCUT2D eigenvalue weighted by Crippen LogP contribution is -2.13. The van der Waals surface area contributed by atoms with Crippen molar-refractivity contribution in [3.63, 3.8) is 0 Å². The number of phenolic OH excluding ortho intramolecular Hbond substituents is 1. The van der Waals surface area contributed by atoms with Gasteiger partial charge in [0.25, 0.3) is 5.91 Å². The van der Waals surface area contributed by atoms with Gasteiger partial charge in [0, 0.05) is 5.69 Å². The topological polar surface area (TPSA) is 49.3 Å². The van der Waals surface area contributed by atoms with E-state index in [0.29, 0.717) is 0 Å². The van der Waals surface area contributed by atoms with Crippen LogP contribution < -0.4 is 5.32 Å². The summed E-state index contributed by atoms with van der Waals surface area (Å²) in [5, 5.41) is 14.8. The van der Waals surface area contributed by atoms with Gasteiger partial charge in [-0.3, -0.25) is 4.79 Å². The van der Waals surface area contributed by atoms with Gasteiger partial charge in [0.15, 0.2) is 0 Å².